The molecule has 0 aliphatic carbocycles. The predicted octanol–water partition coefficient (Wildman–Crippen LogP) is 3.22. The largest absolute Gasteiger partial charge is 0.573 e. The molecule has 0 aromatic heterocycles. The van der Waals surface area contributed by atoms with E-state index >= 15 is 0 Å². The Morgan fingerprint density at radius 2 is 1.59 bits per heavy atom. The molecule has 46 heavy (non-hydrogen) atoms. The van der Waals surface area contributed by atoms with Gasteiger partial charge in [0.05, 0.1) is 0 Å². The van der Waals surface area contributed by atoms with E-state index in [0.717, 1.165) is 28.7 Å². The minimum absolute atomic E-state index is 0.0103. The van der Waals surface area contributed by atoms with E-state index in [1.165, 1.54) is 29.4 Å². The first-order valence-corrected chi connectivity index (χ1v) is 16.2. The maximum absolute atomic E-state index is 13.3. The van der Waals surface area contributed by atoms with Gasteiger partial charge in [0.15, 0.2) is 0 Å². The van der Waals surface area contributed by atoms with Crippen molar-refractivity contribution in [3.63, 3.8) is 0 Å². The summed E-state index contributed by atoms with van der Waals surface area (Å²) in [5.74, 6) is -0.974. The second kappa shape index (κ2) is 12.5. The molecular weight excluding hydrogens is 627 g/mol. The van der Waals surface area contributed by atoms with Crippen molar-refractivity contribution >= 4 is 39.7 Å². The fourth-order valence-corrected chi connectivity index (χ4v) is 7.12. The third-order valence-corrected chi connectivity index (χ3v) is 10.1. The molecule has 1 N–H and O–H groups in total. The van der Waals surface area contributed by atoms with Crippen molar-refractivity contribution in [2.45, 2.75) is 45.5 Å². The van der Waals surface area contributed by atoms with Crippen LogP contribution in [0.5, 0.6) is 5.75 Å². The number of aryl methyl sites for hydroxylation is 2. The van der Waals surface area contributed by atoms with Gasteiger partial charge in [-0.15, -0.1) is 13.2 Å². The summed E-state index contributed by atoms with van der Waals surface area (Å²) in [5.41, 5.74) is 1.60. The van der Waals surface area contributed by atoms with E-state index in [9.17, 15) is 36.0 Å². The summed E-state index contributed by atoms with van der Waals surface area (Å²) in [4.78, 5) is 45.6. The number of piperidine rings is 1. The van der Waals surface area contributed by atoms with Crippen molar-refractivity contribution in [2.75, 3.05) is 39.3 Å². The third kappa shape index (κ3) is 7.09. The molecule has 2 saturated heterocycles. The standard InChI is InChI=1S/C31H34F3N5O6S/c1-20-17-24(28(41)38-14-12-37(13-15-38)22(3)40)18-21(2)26(20)7-16-46(43,44)39-10-8-30(9-11-39)29(42)35-27(36-30)23-5-4-6-25(19-23)45-31(32,33)34/h4-7,16-19H,8-15H2,1-3H3,(H,35,36,42)/b16-7+. The van der Waals surface area contributed by atoms with Gasteiger partial charge in [0.2, 0.25) is 15.9 Å². The number of halogens is 3. The van der Waals surface area contributed by atoms with Gasteiger partial charge < -0.3 is 19.9 Å². The number of hydrogen-bond donors (Lipinski definition) is 1. The summed E-state index contributed by atoms with van der Waals surface area (Å²) in [5, 5.41) is 3.73. The van der Waals surface area contributed by atoms with Gasteiger partial charge in [-0.25, -0.2) is 8.42 Å². The van der Waals surface area contributed by atoms with Gasteiger partial charge in [0.1, 0.15) is 17.1 Å². The summed E-state index contributed by atoms with van der Waals surface area (Å²) in [6.07, 6.45) is -3.20. The van der Waals surface area contributed by atoms with Gasteiger partial charge in [-0.1, -0.05) is 12.1 Å². The lowest BCUT2D eigenvalue weighted by Gasteiger charge is -2.34. The normalized spacial score (nSPS) is 19.0. The van der Waals surface area contributed by atoms with Gasteiger partial charge in [-0.2, -0.15) is 4.31 Å². The molecule has 3 aliphatic rings. The average Bonchev–Trinajstić information content (AvgIpc) is 3.30. The molecule has 1 spiro atoms. The van der Waals surface area contributed by atoms with E-state index in [1.54, 1.807) is 35.8 Å². The van der Waals surface area contributed by atoms with Crippen LogP contribution in [0.15, 0.2) is 46.8 Å². The number of carbonyl (C=O) groups is 3. The lowest BCUT2D eigenvalue weighted by Crippen LogP contribution is -2.50. The van der Waals surface area contributed by atoms with Crippen LogP contribution in [-0.2, 0) is 19.6 Å². The van der Waals surface area contributed by atoms with Crippen molar-refractivity contribution in [1.29, 1.82) is 0 Å². The lowest BCUT2D eigenvalue weighted by molar-refractivity contribution is -0.274. The molecule has 3 amide bonds. The Labute approximate surface area is 264 Å². The van der Waals surface area contributed by atoms with E-state index in [0.29, 0.717) is 37.3 Å². The Morgan fingerprint density at radius 3 is 2.17 bits per heavy atom. The number of alkyl halides is 3. The highest BCUT2D eigenvalue weighted by Gasteiger charge is 2.47. The number of carbonyl (C=O) groups excluding carboxylic acids is 3. The summed E-state index contributed by atoms with van der Waals surface area (Å²) >= 11 is 0. The summed E-state index contributed by atoms with van der Waals surface area (Å²) in [7, 11) is -3.88. The Bertz CT molecular complexity index is 1700. The molecule has 0 atom stereocenters. The molecule has 11 nitrogen and oxygen atoms in total. The van der Waals surface area contributed by atoms with Gasteiger partial charge in [-0.3, -0.25) is 19.4 Å². The molecule has 0 radical (unpaired) electrons. The molecule has 2 fully saturated rings. The van der Waals surface area contributed by atoms with Crippen molar-refractivity contribution in [2.24, 2.45) is 4.99 Å². The topological polar surface area (TPSA) is 129 Å². The zero-order chi connectivity index (χ0) is 33.4. The van der Waals surface area contributed by atoms with Crippen molar-refractivity contribution in [3.05, 3.63) is 69.6 Å². The minimum Gasteiger partial charge on any atom is -0.406 e. The van der Waals surface area contributed by atoms with Gasteiger partial charge in [0.25, 0.3) is 11.8 Å². The van der Waals surface area contributed by atoms with E-state index in [-0.39, 0.29) is 49.1 Å². The molecule has 0 unspecified atom stereocenters. The Morgan fingerprint density at radius 1 is 0.978 bits per heavy atom. The Balaban J connectivity index is 1.24. The molecule has 0 bridgehead atoms. The lowest BCUT2D eigenvalue weighted by atomic mass is 9.89. The average molecular weight is 662 g/mol. The molecular formula is C31H34F3N5O6S. The fraction of sp³-hybridized carbons (Fsp3) is 0.419. The van der Waals surface area contributed by atoms with Crippen LogP contribution in [0, 0.1) is 13.8 Å². The second-order valence-corrected chi connectivity index (χ2v) is 13.4. The number of sulfonamides is 1. The number of piperazine rings is 1. The highest BCUT2D eigenvalue weighted by atomic mass is 32.2. The van der Waals surface area contributed by atoms with E-state index in [2.05, 4.69) is 15.0 Å². The molecule has 2 aromatic rings. The monoisotopic (exact) mass is 661 g/mol. The number of amides is 3. The quantitative estimate of drug-likeness (QED) is 0.507. The maximum Gasteiger partial charge on any atom is 0.573 e. The number of hydrogen-bond acceptors (Lipinski definition) is 7. The maximum atomic E-state index is 13.3. The van der Waals surface area contributed by atoms with E-state index < -0.39 is 33.6 Å². The highest BCUT2D eigenvalue weighted by molar-refractivity contribution is 7.92. The van der Waals surface area contributed by atoms with Crippen LogP contribution in [0.1, 0.15) is 52.4 Å². The van der Waals surface area contributed by atoms with Crippen molar-refractivity contribution in [1.82, 2.24) is 19.4 Å². The van der Waals surface area contributed by atoms with Gasteiger partial charge >= 0.3 is 6.36 Å². The Hall–Kier alpha value is -4.24. The second-order valence-electron chi connectivity index (χ2n) is 11.6. The van der Waals surface area contributed by atoms with Crippen LogP contribution in [0.25, 0.3) is 6.08 Å². The number of nitrogens with one attached hydrogen (secondary N) is 1. The SMILES string of the molecule is CC(=O)N1CCN(C(=O)c2cc(C)c(/C=C/S(=O)(=O)N3CCC4(CC3)N=C(c3cccc(OC(F)(F)F)c3)NC4=O)c(C)c2)CC1. The number of nitrogens with zero attached hydrogens (tertiary/aromatic N) is 4. The Kier molecular flexibility index (Phi) is 9.01. The smallest absolute Gasteiger partial charge is 0.406 e. The van der Waals surface area contributed by atoms with Crippen LogP contribution >= 0.6 is 0 Å². The van der Waals surface area contributed by atoms with Crippen LogP contribution in [0.3, 0.4) is 0 Å². The number of benzene rings is 2. The minimum atomic E-state index is -4.87. The third-order valence-electron chi connectivity index (χ3n) is 8.49. The van der Waals surface area contributed by atoms with Gasteiger partial charge in [0, 0.05) is 62.7 Å². The molecule has 246 valence electrons. The molecule has 2 aromatic carbocycles. The first kappa shape index (κ1) is 33.1. The van der Waals surface area contributed by atoms with E-state index in [4.69, 9.17) is 0 Å². The highest BCUT2D eigenvalue weighted by Crippen LogP contribution is 2.33. The van der Waals surface area contributed by atoms with Crippen LogP contribution in [0.2, 0.25) is 0 Å². The summed E-state index contributed by atoms with van der Waals surface area (Å²) in [6, 6.07) is 8.56. The molecule has 5 rings (SSSR count). The van der Waals surface area contributed by atoms with Crippen LogP contribution in [-0.4, -0.2) is 97.2 Å². The number of aliphatic imine (C=N–C) groups is 1. The number of rotatable bonds is 6. The number of amidine groups is 1. The molecule has 3 aliphatic heterocycles. The molecule has 0 saturated carbocycles. The van der Waals surface area contributed by atoms with Crippen LogP contribution < -0.4 is 10.1 Å². The molecule has 15 heteroatoms. The van der Waals surface area contributed by atoms with Crippen molar-refractivity contribution < 1.29 is 40.7 Å². The number of ether oxygens (including phenoxy) is 1. The van der Waals surface area contributed by atoms with E-state index in [1.807, 2.05) is 0 Å². The predicted molar refractivity (Wildman–Crippen MR) is 163 cm³/mol. The molecule has 3 heterocycles. The fourth-order valence-electron chi connectivity index (χ4n) is 5.95. The van der Waals surface area contributed by atoms with Crippen molar-refractivity contribution in [3.8, 4) is 5.75 Å². The first-order chi connectivity index (χ1) is 21.6. The summed E-state index contributed by atoms with van der Waals surface area (Å²) in [6.45, 7) is 6.94. The zero-order valence-corrected chi connectivity index (χ0v) is 26.4. The first-order valence-electron chi connectivity index (χ1n) is 14.7. The zero-order valence-electron chi connectivity index (χ0n) is 25.6. The van der Waals surface area contributed by atoms with Gasteiger partial charge in [-0.05, 0) is 73.7 Å². The van der Waals surface area contributed by atoms with Crippen LogP contribution in [0.4, 0.5) is 13.2 Å². The summed E-state index contributed by atoms with van der Waals surface area (Å²) < 4.78 is 69.7.